The van der Waals surface area contributed by atoms with Crippen LogP contribution < -0.4 is 15.6 Å². The van der Waals surface area contributed by atoms with Crippen molar-refractivity contribution in [2.45, 2.75) is 33.7 Å². The molecule has 1 N–H and O–H groups in total. The molecule has 0 saturated carbocycles. The number of hydrogen-bond donors (Lipinski definition) is 1. The molecule has 23 heavy (non-hydrogen) atoms. The van der Waals surface area contributed by atoms with E-state index >= 15 is 0 Å². The topological polar surface area (TPSA) is 60.3 Å². The molecule has 1 atom stereocenters. The number of carbonyl (C=O) groups is 1. The number of aromatic nitrogens is 1. The summed E-state index contributed by atoms with van der Waals surface area (Å²) in [7, 11) is 0. The fourth-order valence-electron chi connectivity index (χ4n) is 2.31. The Kier molecular flexibility index (Phi) is 5.21. The first-order valence-electron chi connectivity index (χ1n) is 7.66. The van der Waals surface area contributed by atoms with Gasteiger partial charge < -0.3 is 14.6 Å². The predicted molar refractivity (Wildman–Crippen MR) is 91.1 cm³/mol. The Morgan fingerprint density at radius 1 is 1.26 bits per heavy atom. The number of benzene rings is 1. The summed E-state index contributed by atoms with van der Waals surface area (Å²) in [6.45, 7) is 7.86. The number of rotatable bonds is 5. The number of hydrogen-bond acceptors (Lipinski definition) is 3. The van der Waals surface area contributed by atoms with Crippen LogP contribution in [0.5, 0.6) is 5.75 Å². The van der Waals surface area contributed by atoms with Gasteiger partial charge in [-0.15, -0.1) is 0 Å². The smallest absolute Gasteiger partial charge is 0.293 e. The summed E-state index contributed by atoms with van der Waals surface area (Å²) in [5.41, 5.74) is 2.57. The molecule has 5 nitrogen and oxygen atoms in total. The molecule has 2 aromatic rings. The lowest BCUT2D eigenvalue weighted by atomic mass is 10.1. The minimum Gasteiger partial charge on any atom is -0.488 e. The van der Waals surface area contributed by atoms with Gasteiger partial charge in [0.15, 0.2) is 5.75 Å². The molecule has 5 heteroatoms. The highest BCUT2D eigenvalue weighted by atomic mass is 16.5. The molecule has 0 saturated heterocycles. The second-order valence-electron chi connectivity index (χ2n) is 5.43. The first-order chi connectivity index (χ1) is 11.0. The van der Waals surface area contributed by atoms with Gasteiger partial charge in [0.05, 0.1) is 6.61 Å². The van der Waals surface area contributed by atoms with Crippen molar-refractivity contribution in [3.63, 3.8) is 0 Å². The number of anilines is 1. The Balaban J connectivity index is 2.25. The van der Waals surface area contributed by atoms with E-state index in [1.807, 2.05) is 39.0 Å². The van der Waals surface area contributed by atoms with Crippen molar-refractivity contribution in [1.29, 1.82) is 0 Å². The van der Waals surface area contributed by atoms with Crippen LogP contribution >= 0.6 is 0 Å². The summed E-state index contributed by atoms with van der Waals surface area (Å²) in [6, 6.07) is 8.41. The quantitative estimate of drug-likeness (QED) is 0.922. The van der Waals surface area contributed by atoms with Crippen molar-refractivity contribution in [3.05, 3.63) is 58.0 Å². The maximum Gasteiger partial charge on any atom is 0.293 e. The zero-order valence-corrected chi connectivity index (χ0v) is 13.9. The van der Waals surface area contributed by atoms with Crippen molar-refractivity contribution in [3.8, 4) is 5.75 Å². The number of carbonyl (C=O) groups excluding carboxylic acids is 1. The summed E-state index contributed by atoms with van der Waals surface area (Å²) in [6.07, 6.45) is 1.60. The van der Waals surface area contributed by atoms with E-state index in [0.29, 0.717) is 6.61 Å². The molecule has 0 bridgehead atoms. The Morgan fingerprint density at radius 2 is 2.00 bits per heavy atom. The summed E-state index contributed by atoms with van der Waals surface area (Å²) < 4.78 is 6.68. The highest BCUT2D eigenvalue weighted by molar-refractivity contribution is 5.94. The monoisotopic (exact) mass is 314 g/mol. The standard InChI is InChI=1S/C18H22N2O3/c1-5-23-16-10-7-11-20(18(16)22)14(4)17(21)19-15-9-6-8-12(2)13(15)3/h6-11,14H,5H2,1-4H3,(H,19,21). The Labute approximate surface area is 135 Å². The predicted octanol–water partition coefficient (Wildman–Crippen LogP) is 3.06. The van der Waals surface area contributed by atoms with E-state index in [1.54, 1.807) is 25.3 Å². The zero-order valence-electron chi connectivity index (χ0n) is 13.9. The lowest BCUT2D eigenvalue weighted by Gasteiger charge is -2.17. The molecule has 0 radical (unpaired) electrons. The first-order valence-corrected chi connectivity index (χ1v) is 7.66. The number of ether oxygens (including phenoxy) is 1. The molecule has 1 unspecified atom stereocenters. The Hall–Kier alpha value is -2.56. The van der Waals surface area contributed by atoms with Crippen molar-refractivity contribution < 1.29 is 9.53 Å². The first kappa shape index (κ1) is 16.8. The summed E-state index contributed by atoms with van der Waals surface area (Å²) in [4.78, 5) is 24.8. The minimum absolute atomic E-state index is 0.241. The van der Waals surface area contributed by atoms with E-state index < -0.39 is 6.04 Å². The van der Waals surface area contributed by atoms with Crippen LogP contribution in [0.1, 0.15) is 31.0 Å². The van der Waals surface area contributed by atoms with Crippen molar-refractivity contribution in [2.24, 2.45) is 0 Å². The molecule has 0 aliphatic rings. The van der Waals surface area contributed by atoms with Crippen molar-refractivity contribution in [1.82, 2.24) is 4.57 Å². The van der Waals surface area contributed by atoms with Crippen LogP contribution in [0.25, 0.3) is 0 Å². The third kappa shape index (κ3) is 3.62. The third-order valence-corrected chi connectivity index (χ3v) is 3.90. The van der Waals surface area contributed by atoms with Gasteiger partial charge in [-0.25, -0.2) is 0 Å². The van der Waals surface area contributed by atoms with Gasteiger partial charge in [-0.1, -0.05) is 12.1 Å². The van der Waals surface area contributed by atoms with E-state index in [1.165, 1.54) is 4.57 Å². The number of nitrogens with zero attached hydrogens (tertiary/aromatic N) is 1. The maximum absolute atomic E-state index is 12.5. The van der Waals surface area contributed by atoms with Crippen LogP contribution in [0.4, 0.5) is 5.69 Å². The number of amides is 1. The lowest BCUT2D eigenvalue weighted by Crippen LogP contribution is -2.32. The lowest BCUT2D eigenvalue weighted by molar-refractivity contribution is -0.118. The van der Waals surface area contributed by atoms with E-state index in [-0.39, 0.29) is 17.2 Å². The van der Waals surface area contributed by atoms with Gasteiger partial charge in [0.2, 0.25) is 5.91 Å². The van der Waals surface area contributed by atoms with E-state index in [4.69, 9.17) is 4.74 Å². The van der Waals surface area contributed by atoms with E-state index in [2.05, 4.69) is 5.32 Å². The van der Waals surface area contributed by atoms with Crippen molar-refractivity contribution in [2.75, 3.05) is 11.9 Å². The average molecular weight is 314 g/mol. The van der Waals surface area contributed by atoms with E-state index in [9.17, 15) is 9.59 Å². The number of pyridine rings is 1. The van der Waals surface area contributed by atoms with Gasteiger partial charge in [0.1, 0.15) is 6.04 Å². The van der Waals surface area contributed by atoms with Crippen LogP contribution in [0.2, 0.25) is 0 Å². The van der Waals surface area contributed by atoms with E-state index in [0.717, 1.165) is 16.8 Å². The number of nitrogens with one attached hydrogen (secondary N) is 1. The van der Waals surface area contributed by atoms with Crippen LogP contribution in [0.15, 0.2) is 41.3 Å². The van der Waals surface area contributed by atoms with Crippen LogP contribution in [0.3, 0.4) is 0 Å². The normalized spacial score (nSPS) is 11.8. The van der Waals surface area contributed by atoms with Crippen LogP contribution in [-0.4, -0.2) is 17.1 Å². The Morgan fingerprint density at radius 3 is 2.70 bits per heavy atom. The molecule has 1 amide bonds. The molecule has 122 valence electrons. The SMILES string of the molecule is CCOc1cccn(C(C)C(=O)Nc2cccc(C)c2C)c1=O. The number of aryl methyl sites for hydroxylation is 1. The summed E-state index contributed by atoms with van der Waals surface area (Å²) in [5, 5.41) is 2.89. The second-order valence-corrected chi connectivity index (χ2v) is 5.43. The van der Waals surface area contributed by atoms with Gasteiger partial charge >= 0.3 is 0 Å². The van der Waals surface area contributed by atoms with Crippen molar-refractivity contribution >= 4 is 11.6 Å². The molecular weight excluding hydrogens is 292 g/mol. The van der Waals surface area contributed by atoms with Gasteiger partial charge in [-0.2, -0.15) is 0 Å². The van der Waals surface area contributed by atoms with Crippen LogP contribution in [0, 0.1) is 13.8 Å². The van der Waals surface area contributed by atoms with Gasteiger partial charge in [-0.3, -0.25) is 9.59 Å². The maximum atomic E-state index is 12.5. The molecule has 2 rings (SSSR count). The third-order valence-electron chi connectivity index (χ3n) is 3.90. The summed E-state index contributed by atoms with van der Waals surface area (Å²) >= 11 is 0. The molecule has 0 aliphatic carbocycles. The largest absolute Gasteiger partial charge is 0.488 e. The average Bonchev–Trinajstić information content (AvgIpc) is 2.53. The molecule has 1 aromatic carbocycles. The molecule has 0 aliphatic heterocycles. The van der Waals surface area contributed by atoms with Gasteiger partial charge in [-0.05, 0) is 57.0 Å². The molecule has 1 heterocycles. The molecule has 0 fully saturated rings. The van der Waals surface area contributed by atoms with Gasteiger partial charge in [0, 0.05) is 11.9 Å². The minimum atomic E-state index is -0.636. The van der Waals surface area contributed by atoms with Crippen LogP contribution in [-0.2, 0) is 4.79 Å². The van der Waals surface area contributed by atoms with Gasteiger partial charge in [0.25, 0.3) is 5.56 Å². The fourth-order valence-corrected chi connectivity index (χ4v) is 2.31. The fraction of sp³-hybridized carbons (Fsp3) is 0.333. The highest BCUT2D eigenvalue weighted by Gasteiger charge is 2.18. The second kappa shape index (κ2) is 7.13. The highest BCUT2D eigenvalue weighted by Crippen LogP contribution is 2.19. The Bertz CT molecular complexity index is 765. The summed E-state index contributed by atoms with van der Waals surface area (Å²) in [5.74, 6) is 0.0100. The molecule has 1 aromatic heterocycles. The molecule has 0 spiro atoms. The zero-order chi connectivity index (χ0) is 17.0. The molecular formula is C18H22N2O3.